The predicted octanol–water partition coefficient (Wildman–Crippen LogP) is 4.84. The van der Waals surface area contributed by atoms with Gasteiger partial charge in [-0.15, -0.1) is 0 Å². The number of aliphatic hydroxyl groups is 1. The van der Waals surface area contributed by atoms with Gasteiger partial charge in [-0.05, 0) is 53.9 Å². The smallest absolute Gasteiger partial charge is 0.197 e. The number of benzene rings is 2. The van der Waals surface area contributed by atoms with Crippen LogP contribution < -0.4 is 20.1 Å². The highest BCUT2D eigenvalue weighted by molar-refractivity contribution is 5.98. The lowest BCUT2D eigenvalue weighted by molar-refractivity contribution is 0.0988. The SMILES string of the molecule is [C-]#[N+]c1ccncc1-c1ccc(CC(=O)c2ccc(OC)c(-c3c(F)cccc3OC)n2)c(N2C[C@@H](N)C[C@H]2CO)c1. The normalized spacial score (nSPS) is 16.2. The summed E-state index contributed by atoms with van der Waals surface area (Å²) in [6, 6.07) is 14.4. The number of methoxy groups -OCH3 is 2. The van der Waals surface area contributed by atoms with Crippen LogP contribution in [-0.4, -0.2) is 60.3 Å². The molecule has 0 unspecified atom stereocenters. The van der Waals surface area contributed by atoms with Gasteiger partial charge < -0.3 is 25.2 Å². The second-order valence-electron chi connectivity index (χ2n) is 10.00. The molecule has 1 aliphatic heterocycles. The third-order valence-electron chi connectivity index (χ3n) is 7.43. The summed E-state index contributed by atoms with van der Waals surface area (Å²) in [5.74, 6) is -0.297. The second-order valence-corrected chi connectivity index (χ2v) is 10.00. The fourth-order valence-corrected chi connectivity index (χ4v) is 5.39. The van der Waals surface area contributed by atoms with E-state index in [-0.39, 0.29) is 53.6 Å². The molecule has 2 aromatic carbocycles. The van der Waals surface area contributed by atoms with Crippen LogP contribution >= 0.6 is 0 Å². The minimum absolute atomic E-state index is 0.0185. The molecule has 1 saturated heterocycles. The number of hydrogen-bond donors (Lipinski definition) is 2. The number of nitrogens with two attached hydrogens (primary N) is 1. The zero-order valence-corrected chi connectivity index (χ0v) is 23.3. The number of aliphatic hydroxyl groups excluding tert-OH is 1. The summed E-state index contributed by atoms with van der Waals surface area (Å²) in [5.41, 5.74) is 9.96. The monoisotopic (exact) mass is 567 g/mol. The predicted molar refractivity (Wildman–Crippen MR) is 158 cm³/mol. The number of anilines is 1. The summed E-state index contributed by atoms with van der Waals surface area (Å²) in [6.45, 7) is 7.96. The first-order valence-electron chi connectivity index (χ1n) is 13.4. The van der Waals surface area contributed by atoms with Crippen molar-refractivity contribution >= 4 is 17.2 Å². The number of halogens is 1. The van der Waals surface area contributed by atoms with Gasteiger partial charge in [0, 0.05) is 42.7 Å². The molecule has 0 radical (unpaired) electrons. The van der Waals surface area contributed by atoms with E-state index < -0.39 is 5.82 Å². The molecule has 4 aromatic rings. The number of carbonyl (C=O) groups is 1. The Labute approximate surface area is 243 Å². The van der Waals surface area contributed by atoms with Gasteiger partial charge >= 0.3 is 0 Å². The molecule has 5 rings (SSSR count). The van der Waals surface area contributed by atoms with E-state index in [1.165, 1.54) is 26.4 Å². The van der Waals surface area contributed by atoms with Crippen molar-refractivity contribution in [3.05, 3.63) is 95.5 Å². The zero-order chi connectivity index (χ0) is 29.8. The Hall–Kier alpha value is -4.85. The molecule has 3 N–H and O–H groups in total. The fourth-order valence-electron chi connectivity index (χ4n) is 5.39. The van der Waals surface area contributed by atoms with Gasteiger partial charge in [-0.1, -0.05) is 18.2 Å². The number of Topliss-reactive ketones (excluding diaryl/α,β-unsaturated/α-hetero) is 1. The highest BCUT2D eigenvalue weighted by atomic mass is 19.1. The lowest BCUT2D eigenvalue weighted by atomic mass is 9.97. The molecule has 0 saturated carbocycles. The highest BCUT2D eigenvalue weighted by Gasteiger charge is 2.32. The van der Waals surface area contributed by atoms with E-state index in [0.29, 0.717) is 35.5 Å². The molecule has 0 bridgehead atoms. The van der Waals surface area contributed by atoms with Crippen molar-refractivity contribution in [3.63, 3.8) is 0 Å². The lowest BCUT2D eigenvalue weighted by Gasteiger charge is -2.28. The first kappa shape index (κ1) is 28.7. The molecule has 3 heterocycles. The number of aromatic nitrogens is 2. The molecular formula is C32H30FN5O4. The maximum absolute atomic E-state index is 15.0. The largest absolute Gasteiger partial charge is 0.496 e. The topological polar surface area (TPSA) is 115 Å². The summed E-state index contributed by atoms with van der Waals surface area (Å²) in [4.78, 5) is 28.1. The van der Waals surface area contributed by atoms with Crippen LogP contribution in [0.15, 0.2) is 67.0 Å². The van der Waals surface area contributed by atoms with E-state index in [4.69, 9.17) is 21.8 Å². The molecule has 9 nitrogen and oxygen atoms in total. The summed E-state index contributed by atoms with van der Waals surface area (Å²) in [6.07, 6.45) is 3.78. The second kappa shape index (κ2) is 12.3. The van der Waals surface area contributed by atoms with Gasteiger partial charge in [0.05, 0.1) is 39.0 Å². The van der Waals surface area contributed by atoms with E-state index in [1.807, 2.05) is 23.1 Å². The van der Waals surface area contributed by atoms with Crippen molar-refractivity contribution in [2.45, 2.75) is 24.9 Å². The van der Waals surface area contributed by atoms with Gasteiger partial charge in [0.15, 0.2) is 11.5 Å². The van der Waals surface area contributed by atoms with Gasteiger partial charge in [0.1, 0.15) is 28.7 Å². The number of ketones is 1. The zero-order valence-electron chi connectivity index (χ0n) is 23.3. The van der Waals surface area contributed by atoms with Crippen molar-refractivity contribution < 1.29 is 23.8 Å². The third kappa shape index (κ3) is 5.52. The van der Waals surface area contributed by atoms with Crippen LogP contribution in [0.1, 0.15) is 22.5 Å². The van der Waals surface area contributed by atoms with Gasteiger partial charge in [0.25, 0.3) is 0 Å². The van der Waals surface area contributed by atoms with E-state index in [9.17, 15) is 14.3 Å². The van der Waals surface area contributed by atoms with Crippen molar-refractivity contribution in [2.24, 2.45) is 5.73 Å². The Morgan fingerprint density at radius 2 is 1.98 bits per heavy atom. The van der Waals surface area contributed by atoms with Crippen LogP contribution in [0.3, 0.4) is 0 Å². The highest BCUT2D eigenvalue weighted by Crippen LogP contribution is 2.38. The quantitative estimate of drug-likeness (QED) is 0.218. The molecule has 1 fully saturated rings. The first-order chi connectivity index (χ1) is 20.4. The Kier molecular flexibility index (Phi) is 8.43. The first-order valence-corrected chi connectivity index (χ1v) is 13.4. The van der Waals surface area contributed by atoms with E-state index in [2.05, 4.69) is 14.8 Å². The van der Waals surface area contributed by atoms with Gasteiger partial charge in [-0.25, -0.2) is 14.2 Å². The maximum atomic E-state index is 15.0. The average molecular weight is 568 g/mol. The Morgan fingerprint density at radius 1 is 1.17 bits per heavy atom. The summed E-state index contributed by atoms with van der Waals surface area (Å²) in [7, 11) is 2.88. The van der Waals surface area contributed by atoms with E-state index in [0.717, 1.165) is 11.3 Å². The maximum Gasteiger partial charge on any atom is 0.197 e. The number of rotatable bonds is 9. The Morgan fingerprint density at radius 3 is 2.71 bits per heavy atom. The Balaban J connectivity index is 1.56. The van der Waals surface area contributed by atoms with Crippen molar-refractivity contribution in [1.82, 2.24) is 9.97 Å². The fraction of sp³-hybridized carbons (Fsp3) is 0.250. The summed E-state index contributed by atoms with van der Waals surface area (Å²) in [5, 5.41) is 10.1. The lowest BCUT2D eigenvalue weighted by Crippen LogP contribution is -2.33. The number of pyridine rings is 2. The van der Waals surface area contributed by atoms with Crippen molar-refractivity contribution in [1.29, 1.82) is 0 Å². The van der Waals surface area contributed by atoms with E-state index in [1.54, 1.807) is 36.7 Å². The molecule has 42 heavy (non-hydrogen) atoms. The van der Waals surface area contributed by atoms with Crippen LogP contribution in [0.25, 0.3) is 27.2 Å². The average Bonchev–Trinajstić information content (AvgIpc) is 3.41. The van der Waals surface area contributed by atoms with Crippen molar-refractivity contribution in [2.75, 3.05) is 32.3 Å². The molecule has 2 aromatic heterocycles. The Bertz CT molecular complexity index is 1670. The van der Waals surface area contributed by atoms with Gasteiger partial charge in [0.2, 0.25) is 0 Å². The molecule has 0 spiro atoms. The van der Waals surface area contributed by atoms with Crippen LogP contribution in [-0.2, 0) is 6.42 Å². The number of nitrogens with zero attached hydrogens (tertiary/aromatic N) is 4. The molecule has 2 atom stereocenters. The van der Waals surface area contributed by atoms with Gasteiger partial charge in [-0.2, -0.15) is 0 Å². The van der Waals surface area contributed by atoms with Gasteiger partial charge in [-0.3, -0.25) is 9.78 Å². The number of hydrogen-bond acceptors (Lipinski definition) is 8. The number of carbonyl (C=O) groups excluding carboxylic acids is 1. The number of ether oxygens (including phenoxy) is 2. The molecular weight excluding hydrogens is 537 g/mol. The summed E-state index contributed by atoms with van der Waals surface area (Å²) < 4.78 is 25.8. The van der Waals surface area contributed by atoms with Crippen molar-refractivity contribution in [3.8, 4) is 33.9 Å². The van der Waals surface area contributed by atoms with Crippen LogP contribution in [0.5, 0.6) is 11.5 Å². The summed E-state index contributed by atoms with van der Waals surface area (Å²) >= 11 is 0. The third-order valence-corrected chi connectivity index (χ3v) is 7.43. The molecule has 0 amide bonds. The molecule has 0 aliphatic carbocycles. The van der Waals surface area contributed by atoms with Crippen LogP contribution in [0, 0.1) is 12.4 Å². The molecule has 10 heteroatoms. The minimum atomic E-state index is -0.558. The minimum Gasteiger partial charge on any atom is -0.496 e. The van der Waals surface area contributed by atoms with E-state index >= 15 is 0 Å². The van der Waals surface area contributed by atoms with Crippen LogP contribution in [0.4, 0.5) is 15.8 Å². The molecule has 1 aliphatic rings. The van der Waals surface area contributed by atoms with Crippen LogP contribution in [0.2, 0.25) is 0 Å². The molecule has 214 valence electrons. The standard InChI is InChI=1S/C32H30FN5O4/c1-35-25-11-12-36-16-23(25)19-7-8-20(27(13-19)38-17-21(34)15-22(38)18-39)14-28(40)26-9-10-30(42-3)32(37-26)31-24(33)5-4-6-29(31)41-2/h4-13,16,21-22,39H,14-15,17-18,34H2,2-3H3/t21-,22-/m0/s1.